The van der Waals surface area contributed by atoms with Gasteiger partial charge < -0.3 is 15.4 Å². The molecule has 8 heteroatoms. The molecule has 0 unspecified atom stereocenters. The Morgan fingerprint density at radius 2 is 2.12 bits per heavy atom. The summed E-state index contributed by atoms with van der Waals surface area (Å²) in [5, 5.41) is 6.57. The third kappa shape index (κ3) is 5.88. The summed E-state index contributed by atoms with van der Waals surface area (Å²) in [5.74, 6) is 0.751. The SMILES string of the molecule is CCOCCCNC(=O)CCNC(=O)N1CCSc2nc(C)cc(C)c21. The Morgan fingerprint density at radius 3 is 2.88 bits per heavy atom. The van der Waals surface area contributed by atoms with Crippen LogP contribution in [0.3, 0.4) is 0 Å². The highest BCUT2D eigenvalue weighted by Gasteiger charge is 2.26. The number of amides is 3. The first-order valence-corrected chi connectivity index (χ1v) is 10.0. The number of carbonyl (C=O) groups excluding carboxylic acids is 2. The van der Waals surface area contributed by atoms with E-state index >= 15 is 0 Å². The molecule has 0 saturated heterocycles. The molecule has 0 atom stereocenters. The van der Waals surface area contributed by atoms with E-state index in [-0.39, 0.29) is 18.4 Å². The lowest BCUT2D eigenvalue weighted by Crippen LogP contribution is -2.44. The van der Waals surface area contributed by atoms with Crippen LogP contribution in [0.2, 0.25) is 0 Å². The van der Waals surface area contributed by atoms with Gasteiger partial charge in [-0.1, -0.05) is 0 Å². The van der Waals surface area contributed by atoms with Crippen molar-refractivity contribution in [2.45, 2.75) is 38.6 Å². The van der Waals surface area contributed by atoms with Crippen molar-refractivity contribution in [2.75, 3.05) is 43.5 Å². The Labute approximate surface area is 159 Å². The molecule has 1 aromatic rings. The molecule has 144 valence electrons. The number of hydrogen-bond donors (Lipinski definition) is 2. The number of aryl methyl sites for hydroxylation is 2. The molecular formula is C18H28N4O3S. The van der Waals surface area contributed by atoms with E-state index in [0.29, 0.717) is 32.8 Å². The van der Waals surface area contributed by atoms with Crippen molar-refractivity contribution in [3.05, 3.63) is 17.3 Å². The van der Waals surface area contributed by atoms with E-state index in [1.807, 2.05) is 26.8 Å². The van der Waals surface area contributed by atoms with Gasteiger partial charge in [-0.2, -0.15) is 0 Å². The Hall–Kier alpha value is -1.80. The largest absolute Gasteiger partial charge is 0.382 e. The molecule has 2 heterocycles. The standard InChI is InChI=1S/C18H28N4O3S/c1-4-25-10-5-7-19-15(23)6-8-20-18(24)22-9-11-26-17-16(22)13(2)12-14(3)21-17/h12H,4-11H2,1-3H3,(H,19,23)(H,20,24). The fourth-order valence-electron chi connectivity index (χ4n) is 2.79. The summed E-state index contributed by atoms with van der Waals surface area (Å²) < 4.78 is 5.22. The molecule has 1 aliphatic heterocycles. The lowest BCUT2D eigenvalue weighted by molar-refractivity contribution is -0.120. The predicted octanol–water partition coefficient (Wildman–Crippen LogP) is 2.25. The maximum atomic E-state index is 12.5. The minimum atomic E-state index is -0.176. The maximum Gasteiger partial charge on any atom is 0.322 e. The number of ether oxygens (including phenoxy) is 1. The molecule has 3 amide bonds. The topological polar surface area (TPSA) is 83.6 Å². The summed E-state index contributed by atoms with van der Waals surface area (Å²) >= 11 is 1.67. The molecular weight excluding hydrogens is 352 g/mol. The van der Waals surface area contributed by atoms with Crippen LogP contribution in [0, 0.1) is 13.8 Å². The molecule has 0 bridgehead atoms. The smallest absolute Gasteiger partial charge is 0.322 e. The number of anilines is 1. The molecule has 26 heavy (non-hydrogen) atoms. The highest BCUT2D eigenvalue weighted by atomic mass is 32.2. The Bertz CT molecular complexity index is 639. The summed E-state index contributed by atoms with van der Waals surface area (Å²) in [5.41, 5.74) is 2.88. The third-order valence-electron chi connectivity index (χ3n) is 3.97. The van der Waals surface area contributed by atoms with Gasteiger partial charge in [0.15, 0.2) is 0 Å². The molecule has 2 N–H and O–H groups in total. The zero-order valence-corrected chi connectivity index (χ0v) is 16.6. The van der Waals surface area contributed by atoms with Crippen molar-refractivity contribution in [1.82, 2.24) is 15.6 Å². The van der Waals surface area contributed by atoms with Gasteiger partial charge in [0.25, 0.3) is 0 Å². The van der Waals surface area contributed by atoms with E-state index in [1.165, 1.54) is 0 Å². The number of pyridine rings is 1. The van der Waals surface area contributed by atoms with Gasteiger partial charge in [-0.05, 0) is 38.8 Å². The Kier molecular flexibility index (Phi) is 8.18. The van der Waals surface area contributed by atoms with E-state index in [2.05, 4.69) is 15.6 Å². The van der Waals surface area contributed by atoms with Crippen LogP contribution in [-0.4, -0.2) is 55.5 Å². The molecule has 0 spiro atoms. The lowest BCUT2D eigenvalue weighted by atomic mass is 10.2. The molecule has 2 rings (SSSR count). The molecule has 1 aromatic heterocycles. The molecule has 0 fully saturated rings. The van der Waals surface area contributed by atoms with Crippen molar-refractivity contribution < 1.29 is 14.3 Å². The van der Waals surface area contributed by atoms with Crippen LogP contribution < -0.4 is 15.5 Å². The number of nitrogens with zero attached hydrogens (tertiary/aromatic N) is 2. The van der Waals surface area contributed by atoms with E-state index < -0.39 is 0 Å². The average molecular weight is 381 g/mol. The van der Waals surface area contributed by atoms with Crippen LogP contribution in [0.25, 0.3) is 0 Å². The number of hydrogen-bond acceptors (Lipinski definition) is 5. The van der Waals surface area contributed by atoms with E-state index in [0.717, 1.165) is 34.1 Å². The van der Waals surface area contributed by atoms with E-state index in [9.17, 15) is 9.59 Å². The quantitative estimate of drug-likeness (QED) is 0.676. The van der Waals surface area contributed by atoms with Crippen LogP contribution in [0.15, 0.2) is 11.1 Å². The van der Waals surface area contributed by atoms with Crippen LogP contribution in [0.5, 0.6) is 0 Å². The summed E-state index contributed by atoms with van der Waals surface area (Å²) in [4.78, 5) is 30.6. The first-order valence-electron chi connectivity index (χ1n) is 9.03. The second-order valence-electron chi connectivity index (χ2n) is 6.12. The summed E-state index contributed by atoms with van der Waals surface area (Å²) in [6, 6.07) is 1.81. The van der Waals surface area contributed by atoms with Gasteiger partial charge in [0, 0.05) is 50.7 Å². The zero-order valence-electron chi connectivity index (χ0n) is 15.8. The molecule has 0 radical (unpaired) electrons. The zero-order chi connectivity index (χ0) is 18.9. The normalized spacial score (nSPS) is 13.3. The van der Waals surface area contributed by atoms with Gasteiger partial charge in [0.1, 0.15) is 5.03 Å². The van der Waals surface area contributed by atoms with Gasteiger partial charge >= 0.3 is 6.03 Å². The van der Waals surface area contributed by atoms with E-state index in [4.69, 9.17) is 4.74 Å². The van der Waals surface area contributed by atoms with Crippen molar-refractivity contribution in [3.8, 4) is 0 Å². The van der Waals surface area contributed by atoms with Gasteiger partial charge in [-0.15, -0.1) is 11.8 Å². The average Bonchev–Trinajstić information content (AvgIpc) is 2.60. The van der Waals surface area contributed by atoms with Gasteiger partial charge in [-0.3, -0.25) is 9.69 Å². The van der Waals surface area contributed by atoms with Crippen LogP contribution >= 0.6 is 11.8 Å². The lowest BCUT2D eigenvalue weighted by Gasteiger charge is -2.30. The van der Waals surface area contributed by atoms with Crippen molar-refractivity contribution in [3.63, 3.8) is 0 Å². The van der Waals surface area contributed by atoms with Crippen LogP contribution in [0.1, 0.15) is 31.0 Å². The minimum Gasteiger partial charge on any atom is -0.382 e. The van der Waals surface area contributed by atoms with E-state index in [1.54, 1.807) is 16.7 Å². The summed E-state index contributed by atoms with van der Waals surface area (Å²) in [6.45, 7) is 8.77. The fourth-order valence-corrected chi connectivity index (χ4v) is 3.87. The van der Waals surface area contributed by atoms with Gasteiger partial charge in [-0.25, -0.2) is 9.78 Å². The van der Waals surface area contributed by atoms with Crippen molar-refractivity contribution in [2.24, 2.45) is 0 Å². The maximum absolute atomic E-state index is 12.5. The number of nitrogens with one attached hydrogen (secondary N) is 2. The number of fused-ring (bicyclic) bond motifs is 1. The number of thioether (sulfide) groups is 1. The molecule has 0 aliphatic carbocycles. The first-order chi connectivity index (χ1) is 12.5. The second kappa shape index (κ2) is 10.4. The second-order valence-corrected chi connectivity index (χ2v) is 7.20. The number of urea groups is 1. The van der Waals surface area contributed by atoms with Gasteiger partial charge in [0.05, 0.1) is 5.69 Å². The number of rotatable bonds is 8. The van der Waals surface area contributed by atoms with Crippen molar-refractivity contribution >= 4 is 29.4 Å². The van der Waals surface area contributed by atoms with Crippen LogP contribution in [-0.2, 0) is 9.53 Å². The van der Waals surface area contributed by atoms with Crippen LogP contribution in [0.4, 0.5) is 10.5 Å². The summed E-state index contributed by atoms with van der Waals surface area (Å²) in [6.07, 6.45) is 1.06. The highest BCUT2D eigenvalue weighted by molar-refractivity contribution is 7.99. The fraction of sp³-hybridized carbons (Fsp3) is 0.611. The number of aromatic nitrogens is 1. The monoisotopic (exact) mass is 380 g/mol. The predicted molar refractivity (Wildman–Crippen MR) is 104 cm³/mol. The molecule has 7 nitrogen and oxygen atoms in total. The number of carbonyl (C=O) groups is 2. The summed E-state index contributed by atoms with van der Waals surface area (Å²) in [7, 11) is 0. The Balaban J connectivity index is 1.78. The minimum absolute atomic E-state index is 0.0649. The molecule has 0 aromatic carbocycles. The highest BCUT2D eigenvalue weighted by Crippen LogP contribution is 2.36. The first kappa shape index (κ1) is 20.5. The molecule has 0 saturated carbocycles. The van der Waals surface area contributed by atoms with Crippen molar-refractivity contribution in [1.29, 1.82) is 0 Å². The molecule has 1 aliphatic rings. The Morgan fingerprint density at radius 1 is 1.31 bits per heavy atom. The van der Waals surface area contributed by atoms with Gasteiger partial charge in [0.2, 0.25) is 5.91 Å². The third-order valence-corrected chi connectivity index (χ3v) is 4.91.